The zero-order valence-corrected chi connectivity index (χ0v) is 9.06. The molecule has 0 amide bonds. The minimum atomic E-state index is -4.47. The highest BCUT2D eigenvalue weighted by Gasteiger charge is 2.16. The van der Waals surface area contributed by atoms with Gasteiger partial charge < -0.3 is 10.2 Å². The Labute approximate surface area is 91.6 Å². The fraction of sp³-hybridized carbons (Fsp3) is 0. The Balaban J connectivity index is 0.000000487. The van der Waals surface area contributed by atoms with Crippen molar-refractivity contribution in [3.63, 3.8) is 0 Å². The van der Waals surface area contributed by atoms with Crippen molar-refractivity contribution < 1.29 is 35.8 Å². The van der Waals surface area contributed by atoms with Crippen LogP contribution in [-0.2, 0) is 20.7 Å². The number of para-hydroxylation sites is 1. The first-order chi connectivity index (χ1) is 7.16. The summed E-state index contributed by atoms with van der Waals surface area (Å²) < 4.78 is 54.8. The van der Waals surface area contributed by atoms with Gasteiger partial charge in [-0.3, -0.25) is 4.55 Å². The molecule has 0 aliphatic rings. The average molecular weight is 270 g/mol. The molecule has 8 nitrogen and oxygen atoms in total. The van der Waals surface area contributed by atoms with Crippen LogP contribution in [0.5, 0.6) is 11.5 Å². The highest BCUT2D eigenvalue weighted by Crippen LogP contribution is 2.31. The van der Waals surface area contributed by atoms with Gasteiger partial charge in [0.05, 0.1) is 0 Å². The highest BCUT2D eigenvalue weighted by atomic mass is 32.2. The van der Waals surface area contributed by atoms with Gasteiger partial charge in [0.25, 0.3) is 10.1 Å². The number of phenols is 2. The van der Waals surface area contributed by atoms with Gasteiger partial charge in [0.1, 0.15) is 4.90 Å². The molecule has 1 aromatic carbocycles. The van der Waals surface area contributed by atoms with Gasteiger partial charge in [-0.1, -0.05) is 6.07 Å². The fourth-order valence-electron chi connectivity index (χ4n) is 0.719. The predicted octanol–water partition coefficient (Wildman–Crippen LogP) is -0.660. The van der Waals surface area contributed by atoms with Crippen molar-refractivity contribution in [2.75, 3.05) is 0 Å². The lowest BCUT2D eigenvalue weighted by Crippen LogP contribution is -1.97. The van der Waals surface area contributed by atoms with E-state index in [-0.39, 0.29) is 0 Å². The third-order valence-corrected chi connectivity index (χ3v) is 2.14. The minimum Gasteiger partial charge on any atom is -0.504 e. The van der Waals surface area contributed by atoms with Gasteiger partial charge in [0.15, 0.2) is 11.5 Å². The molecule has 0 fully saturated rings. The first-order valence-electron chi connectivity index (χ1n) is 3.41. The van der Waals surface area contributed by atoms with E-state index in [1.807, 2.05) is 0 Å². The Morgan fingerprint density at radius 3 is 1.81 bits per heavy atom. The van der Waals surface area contributed by atoms with Crippen molar-refractivity contribution in [1.29, 1.82) is 0 Å². The standard InChI is InChI=1S/C6H6O5S.O3S/c7-4-2-1-3-5(6(4)8)12(9,10)11;1-4(2)3/h1-3,7-8H,(H,9,10,11);. The van der Waals surface area contributed by atoms with Gasteiger partial charge in [-0.25, -0.2) is 0 Å². The van der Waals surface area contributed by atoms with Crippen LogP contribution in [0.4, 0.5) is 0 Å². The molecule has 1 rings (SSSR count). The molecule has 90 valence electrons. The molecule has 0 aliphatic heterocycles. The molecule has 0 unspecified atom stereocenters. The molecule has 10 heteroatoms. The summed E-state index contributed by atoms with van der Waals surface area (Å²) in [5.41, 5.74) is 0. The number of aromatic hydroxyl groups is 2. The summed E-state index contributed by atoms with van der Waals surface area (Å²) in [6.45, 7) is 0. The third-order valence-electron chi connectivity index (χ3n) is 1.26. The molecule has 0 aliphatic carbocycles. The maximum absolute atomic E-state index is 10.5. The molecule has 0 atom stereocenters. The maximum atomic E-state index is 10.5. The van der Waals surface area contributed by atoms with E-state index < -0.39 is 37.1 Å². The number of rotatable bonds is 1. The van der Waals surface area contributed by atoms with E-state index in [1.165, 1.54) is 6.07 Å². The number of hydrogen-bond donors (Lipinski definition) is 3. The van der Waals surface area contributed by atoms with Crippen LogP contribution >= 0.6 is 0 Å². The molecule has 16 heavy (non-hydrogen) atoms. The third kappa shape index (κ3) is 4.72. The molecule has 0 bridgehead atoms. The van der Waals surface area contributed by atoms with Gasteiger partial charge in [0.2, 0.25) is 0 Å². The summed E-state index contributed by atoms with van der Waals surface area (Å²) in [5, 5.41) is 17.8. The smallest absolute Gasteiger partial charge is 0.425 e. The van der Waals surface area contributed by atoms with E-state index in [2.05, 4.69) is 0 Å². The van der Waals surface area contributed by atoms with Crippen LogP contribution in [0.25, 0.3) is 0 Å². The van der Waals surface area contributed by atoms with E-state index >= 15 is 0 Å². The van der Waals surface area contributed by atoms with E-state index in [1.54, 1.807) is 0 Å². The lowest BCUT2D eigenvalue weighted by Gasteiger charge is -2.01. The van der Waals surface area contributed by atoms with Crippen LogP contribution in [0.2, 0.25) is 0 Å². The molecular weight excluding hydrogens is 264 g/mol. The van der Waals surface area contributed by atoms with Crippen molar-refractivity contribution in [3.8, 4) is 11.5 Å². The molecule has 0 spiro atoms. The second kappa shape index (κ2) is 5.44. The summed E-state index contributed by atoms with van der Waals surface area (Å²) in [6.07, 6.45) is 0. The summed E-state index contributed by atoms with van der Waals surface area (Å²) in [4.78, 5) is -0.706. The quantitative estimate of drug-likeness (QED) is 0.450. The Morgan fingerprint density at radius 2 is 1.50 bits per heavy atom. The second-order valence-electron chi connectivity index (χ2n) is 2.30. The van der Waals surface area contributed by atoms with Gasteiger partial charge in [-0.15, -0.1) is 12.6 Å². The fourth-order valence-corrected chi connectivity index (χ4v) is 1.32. The minimum absolute atomic E-state index is 0.592. The summed E-state index contributed by atoms with van der Waals surface area (Å²) in [7, 11) is -7.58. The Hall–Kier alpha value is -1.65. The van der Waals surface area contributed by atoms with Crippen LogP contribution in [0.15, 0.2) is 23.1 Å². The van der Waals surface area contributed by atoms with E-state index in [0.29, 0.717) is 0 Å². The first-order valence-corrected chi connectivity index (χ1v) is 5.85. The predicted molar refractivity (Wildman–Crippen MR) is 49.3 cm³/mol. The van der Waals surface area contributed by atoms with Crippen molar-refractivity contribution in [1.82, 2.24) is 0 Å². The molecular formula is C6H6O8S2. The second-order valence-corrected chi connectivity index (χ2v) is 4.10. The maximum Gasteiger partial charge on any atom is 0.425 e. The van der Waals surface area contributed by atoms with Gasteiger partial charge in [-0.2, -0.15) is 8.42 Å². The average Bonchev–Trinajstić information content (AvgIpc) is 2.06. The Bertz CT molecular complexity index is 563. The molecule has 0 radical (unpaired) electrons. The topological polar surface area (TPSA) is 146 Å². The Kier molecular flexibility index (Phi) is 4.88. The molecule has 0 saturated carbocycles. The molecule has 0 heterocycles. The number of phenolic OH excluding ortho intramolecular Hbond substituents is 2. The van der Waals surface area contributed by atoms with Crippen molar-refractivity contribution >= 4 is 20.7 Å². The van der Waals surface area contributed by atoms with Crippen molar-refractivity contribution in [2.45, 2.75) is 4.90 Å². The SMILES string of the molecule is O=S(=O)(O)c1cccc(O)c1O.O=S(=O)=O. The molecule has 3 N–H and O–H groups in total. The van der Waals surface area contributed by atoms with E-state index in [0.717, 1.165) is 12.1 Å². The summed E-state index contributed by atoms with van der Waals surface area (Å²) in [5.74, 6) is -1.44. The molecule has 0 aromatic heterocycles. The normalized spacial score (nSPS) is 10.1. The largest absolute Gasteiger partial charge is 0.504 e. The number of benzene rings is 1. The van der Waals surface area contributed by atoms with E-state index in [4.69, 9.17) is 27.4 Å². The first kappa shape index (κ1) is 14.3. The van der Waals surface area contributed by atoms with E-state index in [9.17, 15) is 8.42 Å². The molecule has 1 aromatic rings. The number of hydrogen-bond acceptors (Lipinski definition) is 7. The monoisotopic (exact) mass is 270 g/mol. The summed E-state index contributed by atoms with van der Waals surface area (Å²) >= 11 is 0. The Morgan fingerprint density at radius 1 is 1.06 bits per heavy atom. The lowest BCUT2D eigenvalue weighted by molar-refractivity contribution is 0.389. The van der Waals surface area contributed by atoms with Crippen LogP contribution in [0.1, 0.15) is 0 Å². The molecule has 0 saturated heterocycles. The van der Waals surface area contributed by atoms with Gasteiger partial charge in [0, 0.05) is 0 Å². The lowest BCUT2D eigenvalue weighted by atomic mass is 10.3. The van der Waals surface area contributed by atoms with Crippen LogP contribution in [0.3, 0.4) is 0 Å². The van der Waals surface area contributed by atoms with Crippen molar-refractivity contribution in [3.05, 3.63) is 18.2 Å². The zero-order chi connectivity index (χ0) is 12.9. The van der Waals surface area contributed by atoms with Gasteiger partial charge in [-0.05, 0) is 12.1 Å². The van der Waals surface area contributed by atoms with Crippen LogP contribution in [0, 0.1) is 0 Å². The van der Waals surface area contributed by atoms with Crippen LogP contribution < -0.4 is 0 Å². The van der Waals surface area contributed by atoms with Gasteiger partial charge >= 0.3 is 10.6 Å². The zero-order valence-electron chi connectivity index (χ0n) is 7.43. The highest BCUT2D eigenvalue weighted by molar-refractivity contribution is 7.86. The summed E-state index contributed by atoms with van der Waals surface area (Å²) in [6, 6.07) is 3.27. The van der Waals surface area contributed by atoms with Crippen LogP contribution in [-0.4, -0.2) is 35.8 Å². The van der Waals surface area contributed by atoms with Crippen molar-refractivity contribution in [2.24, 2.45) is 0 Å².